The number of imidazole rings is 1. The Hall–Kier alpha value is -2.50. The van der Waals surface area contributed by atoms with E-state index in [4.69, 9.17) is 15.3 Å². The number of nitrogens with one attached hydrogen (secondary N) is 1. The Morgan fingerprint density at radius 2 is 2.06 bits per heavy atom. The number of aromatic hydroxyl groups is 2. The van der Waals surface area contributed by atoms with Crippen LogP contribution >= 0.6 is 0 Å². The molecule has 6 nitrogen and oxygen atoms in total. The Labute approximate surface area is 104 Å². The quantitative estimate of drug-likeness (QED) is 0.607. The fraction of sp³-hybridized carbons (Fsp3) is 0.167. The first-order valence-corrected chi connectivity index (χ1v) is 5.19. The molecule has 0 aliphatic rings. The van der Waals surface area contributed by atoms with Gasteiger partial charge in [-0.05, 0) is 24.6 Å². The summed E-state index contributed by atoms with van der Waals surface area (Å²) in [7, 11) is 0. The molecule has 96 valence electrons. The molecule has 0 aliphatic heterocycles. The highest BCUT2D eigenvalue weighted by atomic mass is 16.4. The van der Waals surface area contributed by atoms with Crippen LogP contribution in [0.2, 0.25) is 0 Å². The van der Waals surface area contributed by atoms with Crippen LogP contribution in [0.25, 0.3) is 0 Å². The van der Waals surface area contributed by atoms with E-state index in [-0.39, 0.29) is 11.5 Å². The fourth-order valence-corrected chi connectivity index (χ4v) is 1.17. The minimum atomic E-state index is -0.968. The van der Waals surface area contributed by atoms with Crippen LogP contribution in [0.4, 0.5) is 0 Å². The number of aromatic nitrogens is 2. The number of carboxylic acids is 1. The third kappa shape index (κ3) is 3.82. The van der Waals surface area contributed by atoms with E-state index in [9.17, 15) is 4.79 Å². The highest BCUT2D eigenvalue weighted by Crippen LogP contribution is 2.28. The predicted octanol–water partition coefficient (Wildman–Crippen LogP) is 1.70. The molecule has 4 N–H and O–H groups in total. The number of phenols is 2. The van der Waals surface area contributed by atoms with E-state index in [1.165, 1.54) is 25.1 Å². The number of aromatic amines is 1. The lowest BCUT2D eigenvalue weighted by Gasteiger charge is -2.07. The Morgan fingerprint density at radius 1 is 1.33 bits per heavy atom. The maximum Gasteiger partial charge on any atom is 0.310 e. The largest absolute Gasteiger partial charge is 0.504 e. The SMILES string of the molecule is CC(C(=O)O)c1ccc(O)c(O)c1.c1c[nH]cn1. The summed E-state index contributed by atoms with van der Waals surface area (Å²) in [5, 5.41) is 26.7. The topological polar surface area (TPSA) is 106 Å². The lowest BCUT2D eigenvalue weighted by atomic mass is 10.0. The van der Waals surface area contributed by atoms with Crippen LogP contribution < -0.4 is 0 Å². The van der Waals surface area contributed by atoms with Crippen molar-refractivity contribution in [1.29, 1.82) is 0 Å². The summed E-state index contributed by atoms with van der Waals surface area (Å²) < 4.78 is 0. The zero-order chi connectivity index (χ0) is 13.5. The second-order valence-corrected chi connectivity index (χ2v) is 3.57. The fourth-order valence-electron chi connectivity index (χ4n) is 1.17. The average Bonchev–Trinajstić information content (AvgIpc) is 2.90. The molecular weight excluding hydrogens is 236 g/mol. The molecule has 2 rings (SSSR count). The number of H-pyrrole nitrogens is 1. The van der Waals surface area contributed by atoms with Crippen molar-refractivity contribution < 1.29 is 20.1 Å². The number of phenolic OH excluding ortho intramolecular Hbond substituents is 2. The summed E-state index contributed by atoms with van der Waals surface area (Å²) in [6, 6.07) is 3.98. The molecule has 1 atom stereocenters. The van der Waals surface area contributed by atoms with Gasteiger partial charge in [-0.15, -0.1) is 0 Å². The van der Waals surface area contributed by atoms with Gasteiger partial charge in [-0.2, -0.15) is 0 Å². The van der Waals surface area contributed by atoms with Gasteiger partial charge in [0.2, 0.25) is 0 Å². The Balaban J connectivity index is 0.000000269. The molecule has 1 unspecified atom stereocenters. The van der Waals surface area contributed by atoms with E-state index in [1.807, 2.05) is 0 Å². The van der Waals surface area contributed by atoms with Gasteiger partial charge in [-0.1, -0.05) is 6.07 Å². The van der Waals surface area contributed by atoms with Gasteiger partial charge in [-0.25, -0.2) is 4.98 Å². The molecule has 0 fully saturated rings. The Kier molecular flexibility index (Phi) is 4.74. The van der Waals surface area contributed by atoms with Gasteiger partial charge in [0.1, 0.15) is 0 Å². The van der Waals surface area contributed by atoms with Crippen molar-refractivity contribution in [3.8, 4) is 11.5 Å². The lowest BCUT2D eigenvalue weighted by molar-refractivity contribution is -0.138. The normalized spacial score (nSPS) is 11.2. The molecule has 0 bridgehead atoms. The molecule has 1 aromatic heterocycles. The van der Waals surface area contributed by atoms with Gasteiger partial charge in [0, 0.05) is 12.4 Å². The van der Waals surface area contributed by atoms with Gasteiger partial charge in [-0.3, -0.25) is 4.79 Å². The summed E-state index contributed by atoms with van der Waals surface area (Å²) in [5.74, 6) is -2.21. The van der Waals surface area contributed by atoms with Crippen LogP contribution in [-0.2, 0) is 4.79 Å². The van der Waals surface area contributed by atoms with Gasteiger partial charge in [0.05, 0.1) is 12.2 Å². The van der Waals surface area contributed by atoms with Crippen molar-refractivity contribution in [2.45, 2.75) is 12.8 Å². The third-order valence-electron chi connectivity index (χ3n) is 2.28. The zero-order valence-corrected chi connectivity index (χ0v) is 9.74. The van der Waals surface area contributed by atoms with Crippen molar-refractivity contribution in [3.05, 3.63) is 42.5 Å². The third-order valence-corrected chi connectivity index (χ3v) is 2.28. The number of hydrogen-bond acceptors (Lipinski definition) is 4. The average molecular weight is 250 g/mol. The maximum absolute atomic E-state index is 10.6. The van der Waals surface area contributed by atoms with Gasteiger partial charge >= 0.3 is 5.97 Å². The second kappa shape index (κ2) is 6.29. The van der Waals surface area contributed by atoms with Crippen LogP contribution in [0.15, 0.2) is 36.9 Å². The first-order valence-electron chi connectivity index (χ1n) is 5.19. The summed E-state index contributed by atoms with van der Waals surface area (Å²) in [6.07, 6.45) is 5.08. The molecule has 0 radical (unpaired) electrons. The van der Waals surface area contributed by atoms with Crippen molar-refractivity contribution in [1.82, 2.24) is 9.97 Å². The summed E-state index contributed by atoms with van der Waals surface area (Å²) in [4.78, 5) is 17.0. The van der Waals surface area contributed by atoms with Crippen molar-refractivity contribution in [3.63, 3.8) is 0 Å². The molecule has 18 heavy (non-hydrogen) atoms. The van der Waals surface area contributed by atoms with E-state index in [0.29, 0.717) is 5.56 Å². The molecule has 6 heteroatoms. The molecule has 0 saturated heterocycles. The Morgan fingerprint density at radius 3 is 2.44 bits per heavy atom. The second-order valence-electron chi connectivity index (χ2n) is 3.57. The van der Waals surface area contributed by atoms with E-state index in [0.717, 1.165) is 0 Å². The van der Waals surface area contributed by atoms with Crippen molar-refractivity contribution >= 4 is 5.97 Å². The first-order chi connectivity index (χ1) is 8.52. The van der Waals surface area contributed by atoms with E-state index < -0.39 is 11.9 Å². The number of rotatable bonds is 2. The molecular formula is C12H14N2O4. The number of carbonyl (C=O) groups is 1. The zero-order valence-electron chi connectivity index (χ0n) is 9.74. The van der Waals surface area contributed by atoms with Crippen LogP contribution in [0.5, 0.6) is 11.5 Å². The maximum atomic E-state index is 10.6. The highest BCUT2D eigenvalue weighted by Gasteiger charge is 2.14. The molecule has 0 saturated carbocycles. The van der Waals surface area contributed by atoms with Gasteiger partial charge in [0.25, 0.3) is 0 Å². The lowest BCUT2D eigenvalue weighted by Crippen LogP contribution is -2.06. The summed E-state index contributed by atoms with van der Waals surface area (Å²) in [5.41, 5.74) is 0.461. The Bertz CT molecular complexity index is 480. The minimum absolute atomic E-state index is 0.249. The van der Waals surface area contributed by atoms with Crippen molar-refractivity contribution in [2.75, 3.05) is 0 Å². The van der Waals surface area contributed by atoms with E-state index in [1.54, 1.807) is 18.7 Å². The van der Waals surface area contributed by atoms with Crippen LogP contribution in [-0.4, -0.2) is 31.3 Å². The van der Waals surface area contributed by atoms with Gasteiger partial charge < -0.3 is 20.3 Å². The smallest absolute Gasteiger partial charge is 0.310 e. The van der Waals surface area contributed by atoms with E-state index in [2.05, 4.69) is 9.97 Å². The predicted molar refractivity (Wildman–Crippen MR) is 64.4 cm³/mol. The number of carboxylic acid groups (broad SMARTS) is 1. The van der Waals surface area contributed by atoms with E-state index >= 15 is 0 Å². The first kappa shape index (κ1) is 13.6. The minimum Gasteiger partial charge on any atom is -0.504 e. The van der Waals surface area contributed by atoms with Gasteiger partial charge in [0.15, 0.2) is 11.5 Å². The monoisotopic (exact) mass is 250 g/mol. The molecule has 0 amide bonds. The summed E-state index contributed by atoms with van der Waals surface area (Å²) >= 11 is 0. The molecule has 0 spiro atoms. The van der Waals surface area contributed by atoms with Crippen LogP contribution in [0.3, 0.4) is 0 Å². The number of nitrogens with zero attached hydrogens (tertiary/aromatic N) is 1. The highest BCUT2D eigenvalue weighted by molar-refractivity contribution is 5.75. The molecule has 1 aromatic carbocycles. The summed E-state index contributed by atoms with van der Waals surface area (Å²) in [6.45, 7) is 1.51. The van der Waals surface area contributed by atoms with Crippen LogP contribution in [0.1, 0.15) is 18.4 Å². The number of aliphatic carboxylic acids is 1. The standard InChI is InChI=1S/C9H10O4.C3H4N2/c1-5(9(12)13)6-2-3-7(10)8(11)4-6;1-2-5-3-4-1/h2-5,10-11H,1H3,(H,12,13);1-3H,(H,4,5). The number of benzene rings is 1. The molecule has 1 heterocycles. The van der Waals surface area contributed by atoms with Crippen molar-refractivity contribution in [2.24, 2.45) is 0 Å². The number of hydrogen-bond donors (Lipinski definition) is 4. The molecule has 2 aromatic rings. The molecule has 0 aliphatic carbocycles. The van der Waals surface area contributed by atoms with Crippen LogP contribution in [0, 0.1) is 0 Å².